The number of nitrogens with zero attached hydrogens (tertiary/aromatic N) is 1. The van der Waals surface area contributed by atoms with Crippen LogP contribution < -0.4 is 5.32 Å². The van der Waals surface area contributed by atoms with Crippen molar-refractivity contribution in [3.63, 3.8) is 0 Å². The van der Waals surface area contributed by atoms with E-state index in [-0.39, 0.29) is 16.7 Å². The second kappa shape index (κ2) is 5.95. The lowest BCUT2D eigenvalue weighted by atomic mass is 9.95. The van der Waals surface area contributed by atoms with E-state index in [2.05, 4.69) is 5.32 Å². The highest BCUT2D eigenvalue weighted by Crippen LogP contribution is 2.36. The van der Waals surface area contributed by atoms with Gasteiger partial charge in [0.05, 0.1) is 16.8 Å². The Labute approximate surface area is 123 Å². The van der Waals surface area contributed by atoms with Crippen LogP contribution in [0.2, 0.25) is 0 Å². The van der Waals surface area contributed by atoms with Gasteiger partial charge in [-0.25, -0.2) is 0 Å². The Morgan fingerprint density at radius 2 is 1.81 bits per heavy atom. The zero-order valence-corrected chi connectivity index (χ0v) is 12.9. The SMILES string of the molecule is CNc1c(C(=O)N(C)CC(C)(C)C)cccc1C(F)(F)F. The summed E-state index contributed by atoms with van der Waals surface area (Å²) in [6.07, 6.45) is -4.50. The molecule has 1 amide bonds. The predicted octanol–water partition coefficient (Wildman–Crippen LogP) is 3.87. The minimum atomic E-state index is -4.50. The third-order valence-corrected chi connectivity index (χ3v) is 2.91. The molecule has 0 radical (unpaired) electrons. The van der Waals surface area contributed by atoms with Gasteiger partial charge in [0.15, 0.2) is 0 Å². The highest BCUT2D eigenvalue weighted by molar-refractivity contribution is 6.00. The second-order valence-electron chi connectivity index (χ2n) is 6.20. The molecule has 118 valence electrons. The van der Waals surface area contributed by atoms with E-state index in [0.29, 0.717) is 6.54 Å². The van der Waals surface area contributed by atoms with Gasteiger partial charge < -0.3 is 10.2 Å². The van der Waals surface area contributed by atoms with Gasteiger partial charge in [-0.05, 0) is 17.5 Å². The number of benzene rings is 1. The van der Waals surface area contributed by atoms with Crippen molar-refractivity contribution >= 4 is 11.6 Å². The van der Waals surface area contributed by atoms with Crippen LogP contribution in [0.25, 0.3) is 0 Å². The summed E-state index contributed by atoms with van der Waals surface area (Å²) in [5.74, 6) is -0.430. The van der Waals surface area contributed by atoms with Crippen molar-refractivity contribution in [1.82, 2.24) is 4.90 Å². The quantitative estimate of drug-likeness (QED) is 0.919. The van der Waals surface area contributed by atoms with Crippen LogP contribution in [0.5, 0.6) is 0 Å². The van der Waals surface area contributed by atoms with Gasteiger partial charge in [0.1, 0.15) is 0 Å². The average Bonchev–Trinajstić information content (AvgIpc) is 2.33. The van der Waals surface area contributed by atoms with Crippen LogP contribution in [0.1, 0.15) is 36.7 Å². The van der Waals surface area contributed by atoms with Crippen molar-refractivity contribution in [2.24, 2.45) is 5.41 Å². The molecular formula is C15H21F3N2O. The predicted molar refractivity (Wildman–Crippen MR) is 77.4 cm³/mol. The van der Waals surface area contributed by atoms with Crippen molar-refractivity contribution in [2.75, 3.05) is 26.0 Å². The first kappa shape index (κ1) is 17.3. The normalized spacial score (nSPS) is 12.2. The van der Waals surface area contributed by atoms with Crippen molar-refractivity contribution in [3.05, 3.63) is 29.3 Å². The number of carbonyl (C=O) groups excluding carboxylic acids is 1. The van der Waals surface area contributed by atoms with Gasteiger partial charge in [0.2, 0.25) is 0 Å². The van der Waals surface area contributed by atoms with E-state index in [1.807, 2.05) is 20.8 Å². The Morgan fingerprint density at radius 1 is 1.24 bits per heavy atom. The first-order valence-corrected chi connectivity index (χ1v) is 6.61. The van der Waals surface area contributed by atoms with Crippen LogP contribution in [0.3, 0.4) is 0 Å². The zero-order chi connectivity index (χ0) is 16.4. The maximum absolute atomic E-state index is 13.0. The Balaban J connectivity index is 3.22. The number of rotatable bonds is 3. The van der Waals surface area contributed by atoms with E-state index in [1.54, 1.807) is 7.05 Å². The monoisotopic (exact) mass is 302 g/mol. The van der Waals surface area contributed by atoms with Crippen LogP contribution in [-0.4, -0.2) is 31.4 Å². The molecule has 0 aliphatic heterocycles. The third kappa shape index (κ3) is 4.37. The van der Waals surface area contributed by atoms with E-state index >= 15 is 0 Å². The number of nitrogens with one attached hydrogen (secondary N) is 1. The van der Waals surface area contributed by atoms with Gasteiger partial charge >= 0.3 is 6.18 Å². The lowest BCUT2D eigenvalue weighted by molar-refractivity contribution is -0.136. The third-order valence-electron chi connectivity index (χ3n) is 2.91. The molecule has 1 N–H and O–H groups in total. The summed E-state index contributed by atoms with van der Waals surface area (Å²) < 4.78 is 39.0. The molecule has 0 fully saturated rings. The molecule has 0 atom stereocenters. The highest BCUT2D eigenvalue weighted by atomic mass is 19.4. The lowest BCUT2D eigenvalue weighted by Crippen LogP contribution is -2.35. The van der Waals surface area contributed by atoms with E-state index in [0.717, 1.165) is 6.07 Å². The fourth-order valence-corrected chi connectivity index (χ4v) is 2.23. The molecule has 0 aromatic heterocycles. The molecule has 0 heterocycles. The molecule has 1 aromatic rings. The molecule has 1 rings (SSSR count). The molecule has 0 saturated heterocycles. The Morgan fingerprint density at radius 3 is 2.24 bits per heavy atom. The summed E-state index contributed by atoms with van der Waals surface area (Å²) in [6.45, 7) is 6.33. The van der Waals surface area contributed by atoms with E-state index in [1.165, 1.54) is 24.1 Å². The molecule has 1 aromatic carbocycles. The Kier molecular flexibility index (Phi) is 4.91. The Hall–Kier alpha value is -1.72. The lowest BCUT2D eigenvalue weighted by Gasteiger charge is -2.27. The summed E-state index contributed by atoms with van der Waals surface area (Å²) in [5, 5.41) is 2.50. The van der Waals surface area contributed by atoms with Gasteiger partial charge in [-0.1, -0.05) is 26.8 Å². The van der Waals surface area contributed by atoms with Crippen molar-refractivity contribution in [2.45, 2.75) is 26.9 Å². The average molecular weight is 302 g/mol. The van der Waals surface area contributed by atoms with Crippen LogP contribution >= 0.6 is 0 Å². The Bertz CT molecular complexity index is 519. The van der Waals surface area contributed by atoms with Crippen LogP contribution in [0.4, 0.5) is 18.9 Å². The number of alkyl halides is 3. The van der Waals surface area contributed by atoms with Gasteiger partial charge in [-0.3, -0.25) is 4.79 Å². The van der Waals surface area contributed by atoms with Crippen LogP contribution in [-0.2, 0) is 6.18 Å². The first-order valence-electron chi connectivity index (χ1n) is 6.61. The zero-order valence-electron chi connectivity index (χ0n) is 12.9. The molecule has 0 unspecified atom stereocenters. The topological polar surface area (TPSA) is 32.3 Å². The minimum absolute atomic E-state index is 0.0269. The summed E-state index contributed by atoms with van der Waals surface area (Å²) in [7, 11) is 2.97. The second-order valence-corrected chi connectivity index (χ2v) is 6.20. The number of hydrogen-bond acceptors (Lipinski definition) is 2. The number of carbonyl (C=O) groups is 1. The molecule has 0 aliphatic rings. The van der Waals surface area contributed by atoms with Crippen LogP contribution in [0.15, 0.2) is 18.2 Å². The highest BCUT2D eigenvalue weighted by Gasteiger charge is 2.35. The maximum atomic E-state index is 13.0. The molecule has 0 saturated carbocycles. The van der Waals surface area contributed by atoms with E-state index < -0.39 is 17.6 Å². The molecule has 6 heteroatoms. The largest absolute Gasteiger partial charge is 0.418 e. The van der Waals surface area contributed by atoms with Gasteiger partial charge in [-0.2, -0.15) is 13.2 Å². The maximum Gasteiger partial charge on any atom is 0.418 e. The number of para-hydroxylation sites is 1. The molecule has 0 aliphatic carbocycles. The number of halogens is 3. The standard InChI is InChI=1S/C15H21F3N2O/c1-14(2,3)9-20(5)13(21)10-7-6-8-11(12(10)19-4)15(16,17)18/h6-8,19H,9H2,1-5H3. The van der Waals surface area contributed by atoms with Gasteiger partial charge in [-0.15, -0.1) is 0 Å². The molecule has 21 heavy (non-hydrogen) atoms. The molecule has 3 nitrogen and oxygen atoms in total. The minimum Gasteiger partial charge on any atom is -0.387 e. The molecular weight excluding hydrogens is 281 g/mol. The summed E-state index contributed by atoms with van der Waals surface area (Å²) in [6, 6.07) is 3.62. The van der Waals surface area contributed by atoms with Crippen molar-refractivity contribution < 1.29 is 18.0 Å². The molecule has 0 spiro atoms. The first-order chi connectivity index (χ1) is 9.47. The van der Waals surface area contributed by atoms with Crippen molar-refractivity contribution in [1.29, 1.82) is 0 Å². The van der Waals surface area contributed by atoms with Crippen LogP contribution in [0, 0.1) is 5.41 Å². The fourth-order valence-electron chi connectivity index (χ4n) is 2.23. The summed E-state index contributed by atoms with van der Waals surface area (Å²) >= 11 is 0. The molecule has 0 bridgehead atoms. The number of anilines is 1. The van der Waals surface area contributed by atoms with Crippen molar-refractivity contribution in [3.8, 4) is 0 Å². The van der Waals surface area contributed by atoms with Gasteiger partial charge in [0.25, 0.3) is 5.91 Å². The summed E-state index contributed by atoms with van der Waals surface area (Å²) in [4.78, 5) is 13.8. The summed E-state index contributed by atoms with van der Waals surface area (Å²) in [5.41, 5.74) is -1.12. The van der Waals surface area contributed by atoms with E-state index in [4.69, 9.17) is 0 Å². The number of amides is 1. The van der Waals surface area contributed by atoms with E-state index in [9.17, 15) is 18.0 Å². The fraction of sp³-hybridized carbons (Fsp3) is 0.533. The number of hydrogen-bond donors (Lipinski definition) is 1. The van der Waals surface area contributed by atoms with Gasteiger partial charge in [0, 0.05) is 20.6 Å². The smallest absolute Gasteiger partial charge is 0.387 e.